The smallest absolute Gasteiger partial charge is 0.264 e. The Bertz CT molecular complexity index is 1220. The van der Waals surface area contributed by atoms with Crippen molar-refractivity contribution in [1.82, 2.24) is 0 Å². The molecule has 0 aliphatic rings. The van der Waals surface area contributed by atoms with Crippen LogP contribution in [-0.2, 0) is 14.8 Å². The fourth-order valence-electron chi connectivity index (χ4n) is 3.17. The Morgan fingerprint density at radius 2 is 1.58 bits per heavy atom. The van der Waals surface area contributed by atoms with Gasteiger partial charge in [0.05, 0.1) is 10.6 Å². The van der Waals surface area contributed by atoms with Crippen LogP contribution in [-0.4, -0.2) is 26.7 Å². The van der Waals surface area contributed by atoms with Gasteiger partial charge in [0.1, 0.15) is 6.54 Å². The molecule has 0 bridgehead atoms. The second-order valence-corrected chi connectivity index (χ2v) is 9.09. The van der Waals surface area contributed by atoms with Gasteiger partial charge >= 0.3 is 0 Å². The predicted molar refractivity (Wildman–Crippen MR) is 122 cm³/mol. The first-order valence-corrected chi connectivity index (χ1v) is 11.2. The number of nitrogens with one attached hydrogen (secondary N) is 1. The number of amides is 1. The number of ketones is 1. The molecule has 0 saturated heterocycles. The number of hydrogen-bond acceptors (Lipinski definition) is 4. The maximum atomic E-state index is 13.4. The zero-order valence-electron chi connectivity index (χ0n) is 17.6. The molecule has 0 fully saturated rings. The van der Waals surface area contributed by atoms with Gasteiger partial charge in [-0.05, 0) is 62.2 Å². The van der Waals surface area contributed by atoms with Gasteiger partial charge < -0.3 is 5.32 Å². The van der Waals surface area contributed by atoms with E-state index in [1.165, 1.54) is 19.1 Å². The zero-order chi connectivity index (χ0) is 22.6. The third-order valence-electron chi connectivity index (χ3n) is 5.02. The molecule has 0 spiro atoms. The first-order valence-electron chi connectivity index (χ1n) is 9.75. The number of carbonyl (C=O) groups is 2. The third kappa shape index (κ3) is 5.00. The maximum Gasteiger partial charge on any atom is 0.264 e. The summed E-state index contributed by atoms with van der Waals surface area (Å²) in [4.78, 5) is 24.6. The van der Waals surface area contributed by atoms with Gasteiger partial charge in [0.2, 0.25) is 5.91 Å². The molecule has 3 aromatic rings. The maximum absolute atomic E-state index is 13.4. The first-order chi connectivity index (χ1) is 14.7. The van der Waals surface area contributed by atoms with E-state index in [2.05, 4.69) is 5.32 Å². The van der Waals surface area contributed by atoms with E-state index in [0.29, 0.717) is 16.9 Å². The number of hydrogen-bond donors (Lipinski definition) is 1. The summed E-state index contributed by atoms with van der Waals surface area (Å²) in [7, 11) is -3.98. The average molecular weight is 437 g/mol. The van der Waals surface area contributed by atoms with E-state index < -0.39 is 22.5 Å². The first kappa shape index (κ1) is 22.2. The quantitative estimate of drug-likeness (QED) is 0.559. The van der Waals surface area contributed by atoms with E-state index in [4.69, 9.17) is 0 Å². The number of rotatable bonds is 7. The van der Waals surface area contributed by atoms with Crippen molar-refractivity contribution in [2.45, 2.75) is 25.7 Å². The lowest BCUT2D eigenvalue weighted by Crippen LogP contribution is -2.38. The summed E-state index contributed by atoms with van der Waals surface area (Å²) < 4.78 is 28.0. The summed E-state index contributed by atoms with van der Waals surface area (Å²) in [6.07, 6.45) is 0. The molecule has 0 heterocycles. The Hall–Kier alpha value is -3.45. The zero-order valence-corrected chi connectivity index (χ0v) is 18.4. The van der Waals surface area contributed by atoms with Crippen molar-refractivity contribution in [3.63, 3.8) is 0 Å². The lowest BCUT2D eigenvalue weighted by molar-refractivity contribution is -0.114. The predicted octanol–water partition coefficient (Wildman–Crippen LogP) is 4.34. The van der Waals surface area contributed by atoms with Crippen LogP contribution in [0.5, 0.6) is 0 Å². The molecule has 0 aliphatic heterocycles. The summed E-state index contributed by atoms with van der Waals surface area (Å²) in [5.41, 5.74) is 3.02. The molecule has 160 valence electrons. The number of Topliss-reactive ketones (excluding diaryl/α,β-unsaturated/α-hetero) is 1. The second-order valence-electron chi connectivity index (χ2n) is 7.23. The van der Waals surface area contributed by atoms with Gasteiger partial charge in [0, 0.05) is 11.3 Å². The summed E-state index contributed by atoms with van der Waals surface area (Å²) >= 11 is 0. The minimum absolute atomic E-state index is 0.0993. The van der Waals surface area contributed by atoms with E-state index >= 15 is 0 Å². The van der Waals surface area contributed by atoms with Crippen LogP contribution < -0.4 is 9.62 Å². The molecule has 6 nitrogen and oxygen atoms in total. The van der Waals surface area contributed by atoms with Crippen LogP contribution >= 0.6 is 0 Å². The van der Waals surface area contributed by atoms with Crippen molar-refractivity contribution in [1.29, 1.82) is 0 Å². The van der Waals surface area contributed by atoms with Gasteiger partial charge in [0.25, 0.3) is 10.0 Å². The highest BCUT2D eigenvalue weighted by Gasteiger charge is 2.28. The van der Waals surface area contributed by atoms with E-state index in [0.717, 1.165) is 15.4 Å². The monoisotopic (exact) mass is 436 g/mol. The number of aryl methyl sites for hydroxylation is 1. The van der Waals surface area contributed by atoms with Gasteiger partial charge in [-0.25, -0.2) is 8.42 Å². The standard InChI is InChI=1S/C24H24N2O4S/c1-17-9-7-14-23(18(17)2)26(31(29,30)22-12-5-4-6-13-22)16-24(28)25-21-11-8-10-20(15-21)19(3)27/h4-15H,16H2,1-3H3,(H,25,28). The van der Waals surface area contributed by atoms with Crippen LogP contribution in [0.25, 0.3) is 0 Å². The van der Waals surface area contributed by atoms with Gasteiger partial charge in [-0.1, -0.05) is 42.5 Å². The molecule has 0 saturated carbocycles. The lowest BCUT2D eigenvalue weighted by atomic mass is 10.1. The molecule has 1 N–H and O–H groups in total. The van der Waals surface area contributed by atoms with Crippen LogP contribution in [0.2, 0.25) is 0 Å². The minimum Gasteiger partial charge on any atom is -0.324 e. The number of nitrogens with zero attached hydrogens (tertiary/aromatic N) is 1. The van der Waals surface area contributed by atoms with Crippen LogP contribution in [0.15, 0.2) is 77.7 Å². The summed E-state index contributed by atoms with van der Waals surface area (Å²) in [6, 6.07) is 19.9. The average Bonchev–Trinajstić information content (AvgIpc) is 2.75. The van der Waals surface area contributed by atoms with Crippen LogP contribution in [0.4, 0.5) is 11.4 Å². The highest BCUT2D eigenvalue weighted by atomic mass is 32.2. The fourth-order valence-corrected chi connectivity index (χ4v) is 4.67. The molecule has 1 amide bonds. The Labute approximate surface area is 182 Å². The van der Waals surface area contributed by atoms with Gasteiger partial charge in [-0.15, -0.1) is 0 Å². The molecule has 31 heavy (non-hydrogen) atoms. The van der Waals surface area contributed by atoms with E-state index in [1.54, 1.807) is 54.6 Å². The Kier molecular flexibility index (Phi) is 6.56. The van der Waals surface area contributed by atoms with Gasteiger partial charge in [0.15, 0.2) is 5.78 Å². The number of anilines is 2. The van der Waals surface area contributed by atoms with Crippen molar-refractivity contribution < 1.29 is 18.0 Å². The Morgan fingerprint density at radius 3 is 2.26 bits per heavy atom. The van der Waals surface area contributed by atoms with Crippen molar-refractivity contribution >= 4 is 33.1 Å². The summed E-state index contributed by atoms with van der Waals surface area (Å²) in [5, 5.41) is 2.70. The second kappa shape index (κ2) is 9.14. The number of sulfonamides is 1. The van der Waals surface area contributed by atoms with Crippen molar-refractivity contribution in [2.75, 3.05) is 16.2 Å². The Balaban J connectivity index is 1.97. The van der Waals surface area contributed by atoms with E-state index in [1.807, 2.05) is 19.9 Å². The molecule has 3 aromatic carbocycles. The van der Waals surface area contributed by atoms with Crippen LogP contribution in [0.1, 0.15) is 28.4 Å². The SMILES string of the molecule is CC(=O)c1cccc(NC(=O)CN(c2cccc(C)c2C)S(=O)(=O)c2ccccc2)c1. The highest BCUT2D eigenvalue weighted by Crippen LogP contribution is 2.28. The number of benzene rings is 3. The molecular weight excluding hydrogens is 412 g/mol. The fraction of sp³-hybridized carbons (Fsp3) is 0.167. The highest BCUT2D eigenvalue weighted by molar-refractivity contribution is 7.92. The molecule has 0 aromatic heterocycles. The van der Waals surface area contributed by atoms with Crippen LogP contribution in [0.3, 0.4) is 0 Å². The van der Waals surface area contributed by atoms with E-state index in [-0.39, 0.29) is 10.7 Å². The summed E-state index contributed by atoms with van der Waals surface area (Å²) in [6.45, 7) is 4.74. The van der Waals surface area contributed by atoms with Crippen molar-refractivity contribution in [3.8, 4) is 0 Å². The normalized spacial score (nSPS) is 11.1. The van der Waals surface area contributed by atoms with Gasteiger partial charge in [-0.3, -0.25) is 13.9 Å². The summed E-state index contributed by atoms with van der Waals surface area (Å²) in [5.74, 6) is -0.638. The largest absolute Gasteiger partial charge is 0.324 e. The molecular formula is C24H24N2O4S. The molecule has 3 rings (SSSR count). The third-order valence-corrected chi connectivity index (χ3v) is 6.79. The molecule has 7 heteroatoms. The van der Waals surface area contributed by atoms with Crippen molar-refractivity contribution in [2.24, 2.45) is 0 Å². The molecule has 0 radical (unpaired) electrons. The Morgan fingerprint density at radius 1 is 0.903 bits per heavy atom. The lowest BCUT2D eigenvalue weighted by Gasteiger charge is -2.26. The topological polar surface area (TPSA) is 83.6 Å². The molecule has 0 atom stereocenters. The molecule has 0 aliphatic carbocycles. The van der Waals surface area contributed by atoms with Crippen LogP contribution in [0, 0.1) is 13.8 Å². The van der Waals surface area contributed by atoms with Crippen molar-refractivity contribution in [3.05, 3.63) is 89.5 Å². The molecule has 0 unspecified atom stereocenters. The van der Waals surface area contributed by atoms with Gasteiger partial charge in [-0.2, -0.15) is 0 Å². The number of carbonyl (C=O) groups excluding carboxylic acids is 2. The van der Waals surface area contributed by atoms with E-state index in [9.17, 15) is 18.0 Å². The minimum atomic E-state index is -3.98.